The Balaban J connectivity index is 1.67. The minimum absolute atomic E-state index is 0.0661. The molecule has 0 fully saturated rings. The number of nitrogens with one attached hydrogen (secondary N) is 1. The van der Waals surface area contributed by atoms with E-state index in [9.17, 15) is 9.59 Å². The molecule has 3 aromatic rings. The van der Waals surface area contributed by atoms with Gasteiger partial charge in [-0.15, -0.1) is 10.2 Å². The van der Waals surface area contributed by atoms with Crippen molar-refractivity contribution in [3.63, 3.8) is 0 Å². The van der Waals surface area contributed by atoms with Gasteiger partial charge in [-0.05, 0) is 44.2 Å². The van der Waals surface area contributed by atoms with Crippen LogP contribution in [0.25, 0.3) is 11.5 Å². The van der Waals surface area contributed by atoms with Gasteiger partial charge in [0.25, 0.3) is 11.1 Å². The highest BCUT2D eigenvalue weighted by molar-refractivity contribution is 8.00. The van der Waals surface area contributed by atoms with Crippen molar-refractivity contribution < 1.29 is 18.4 Å². The summed E-state index contributed by atoms with van der Waals surface area (Å²) in [5, 5.41) is 10.6. The Kier molecular flexibility index (Phi) is 5.22. The topological polar surface area (TPSA) is 98.2 Å². The lowest BCUT2D eigenvalue weighted by Gasteiger charge is -2.08. The molecule has 7 nitrogen and oxygen atoms in total. The van der Waals surface area contributed by atoms with Crippen LogP contribution in [0.1, 0.15) is 30.0 Å². The van der Waals surface area contributed by atoms with Gasteiger partial charge in [0.1, 0.15) is 5.76 Å². The van der Waals surface area contributed by atoms with Crippen molar-refractivity contribution in [1.82, 2.24) is 10.2 Å². The number of Topliss-reactive ketones (excluding diaryl/α,β-unsaturated/α-hetero) is 1. The van der Waals surface area contributed by atoms with E-state index in [0.29, 0.717) is 28.1 Å². The zero-order chi connectivity index (χ0) is 18.7. The van der Waals surface area contributed by atoms with Crippen molar-refractivity contribution in [3.05, 3.63) is 47.9 Å². The van der Waals surface area contributed by atoms with Gasteiger partial charge < -0.3 is 14.2 Å². The Morgan fingerprint density at radius 3 is 2.50 bits per heavy atom. The lowest BCUT2D eigenvalue weighted by molar-refractivity contribution is -0.114. The molecule has 26 heavy (non-hydrogen) atoms. The predicted molar refractivity (Wildman–Crippen MR) is 97.1 cm³/mol. The molecule has 0 aliphatic rings. The maximum Gasteiger partial charge on any atom is 0.277 e. The molecule has 0 spiro atoms. The van der Waals surface area contributed by atoms with E-state index in [1.165, 1.54) is 18.7 Å². The molecular formula is C18H17N3O4S. The number of nitrogens with zero attached hydrogens (tertiary/aromatic N) is 2. The molecule has 134 valence electrons. The molecule has 0 aliphatic heterocycles. The SMILES string of the molecule is CC(=O)Nc1ccc(C(=O)[C@H](C)Sc2nnc(-c3ccoc3C)o2)cc1. The molecule has 2 aromatic heterocycles. The summed E-state index contributed by atoms with van der Waals surface area (Å²) in [7, 11) is 0. The first-order valence-electron chi connectivity index (χ1n) is 7.90. The zero-order valence-electron chi connectivity index (χ0n) is 14.5. The van der Waals surface area contributed by atoms with Gasteiger partial charge >= 0.3 is 0 Å². The number of hydrogen-bond donors (Lipinski definition) is 1. The molecule has 1 aromatic carbocycles. The summed E-state index contributed by atoms with van der Waals surface area (Å²) in [6.45, 7) is 5.02. The zero-order valence-corrected chi connectivity index (χ0v) is 15.3. The van der Waals surface area contributed by atoms with Crippen molar-refractivity contribution in [3.8, 4) is 11.5 Å². The summed E-state index contributed by atoms with van der Waals surface area (Å²) < 4.78 is 10.8. The molecule has 1 amide bonds. The molecule has 3 rings (SSSR count). The molecule has 1 N–H and O–H groups in total. The second-order valence-corrected chi connectivity index (χ2v) is 6.94. The van der Waals surface area contributed by atoms with E-state index in [4.69, 9.17) is 8.83 Å². The number of thioether (sulfide) groups is 1. The van der Waals surface area contributed by atoms with Gasteiger partial charge in [-0.2, -0.15) is 0 Å². The Bertz CT molecular complexity index is 930. The van der Waals surface area contributed by atoms with Crippen LogP contribution < -0.4 is 5.32 Å². The first-order valence-corrected chi connectivity index (χ1v) is 8.78. The third-order valence-electron chi connectivity index (χ3n) is 3.63. The van der Waals surface area contributed by atoms with Crippen molar-refractivity contribution in [2.24, 2.45) is 0 Å². The Morgan fingerprint density at radius 2 is 1.88 bits per heavy atom. The van der Waals surface area contributed by atoms with Crippen molar-refractivity contribution in [2.75, 3.05) is 5.32 Å². The van der Waals surface area contributed by atoms with Crippen molar-refractivity contribution in [1.29, 1.82) is 0 Å². The van der Waals surface area contributed by atoms with Crippen molar-refractivity contribution in [2.45, 2.75) is 31.2 Å². The third-order valence-corrected chi connectivity index (χ3v) is 4.57. The van der Waals surface area contributed by atoms with Crippen molar-refractivity contribution >= 4 is 29.1 Å². The fraction of sp³-hybridized carbons (Fsp3) is 0.222. The summed E-state index contributed by atoms with van der Waals surface area (Å²) in [6, 6.07) is 8.50. The quantitative estimate of drug-likeness (QED) is 0.517. The highest BCUT2D eigenvalue weighted by Crippen LogP contribution is 2.29. The summed E-state index contributed by atoms with van der Waals surface area (Å²) in [5.74, 6) is 0.823. The van der Waals surface area contributed by atoms with E-state index in [-0.39, 0.29) is 11.7 Å². The van der Waals surface area contributed by atoms with Gasteiger partial charge in [-0.1, -0.05) is 11.8 Å². The Morgan fingerprint density at radius 1 is 1.15 bits per heavy atom. The average molecular weight is 371 g/mol. The van der Waals surface area contributed by atoms with E-state index < -0.39 is 5.25 Å². The number of carbonyl (C=O) groups is 2. The number of benzene rings is 1. The van der Waals surface area contributed by atoms with Gasteiger partial charge in [0.05, 0.1) is 17.1 Å². The van der Waals surface area contributed by atoms with Crippen LogP contribution in [0, 0.1) is 6.92 Å². The summed E-state index contributed by atoms with van der Waals surface area (Å²) in [4.78, 5) is 23.6. The van der Waals surface area contributed by atoms with Crippen LogP contribution in [0.15, 0.2) is 50.7 Å². The number of carbonyl (C=O) groups excluding carboxylic acids is 2. The number of hydrogen-bond acceptors (Lipinski definition) is 7. The lowest BCUT2D eigenvalue weighted by atomic mass is 10.1. The minimum Gasteiger partial charge on any atom is -0.469 e. The molecule has 1 atom stereocenters. The molecule has 0 saturated carbocycles. The van der Waals surface area contributed by atoms with Gasteiger partial charge in [-0.25, -0.2) is 0 Å². The molecule has 0 aliphatic carbocycles. The van der Waals surface area contributed by atoms with Gasteiger partial charge in [-0.3, -0.25) is 9.59 Å². The smallest absolute Gasteiger partial charge is 0.277 e. The molecule has 0 unspecified atom stereocenters. The normalized spacial score (nSPS) is 12.0. The van der Waals surface area contributed by atoms with E-state index in [1.807, 2.05) is 6.92 Å². The molecule has 0 radical (unpaired) electrons. The van der Waals surface area contributed by atoms with E-state index in [2.05, 4.69) is 15.5 Å². The van der Waals surface area contributed by atoms with Gasteiger partial charge in [0, 0.05) is 18.2 Å². The maximum absolute atomic E-state index is 12.6. The Labute approximate surface area is 154 Å². The number of aromatic nitrogens is 2. The lowest BCUT2D eigenvalue weighted by Crippen LogP contribution is -2.13. The van der Waals surface area contributed by atoms with Crippen LogP contribution in [0.4, 0.5) is 5.69 Å². The van der Waals surface area contributed by atoms with Crippen LogP contribution in [0.5, 0.6) is 0 Å². The standard InChI is InChI=1S/C18H17N3O4S/c1-10-15(8-9-24-10)17-20-21-18(25-17)26-11(2)16(23)13-4-6-14(7-5-13)19-12(3)22/h4-9,11H,1-3H3,(H,19,22)/t11-/m0/s1. The second-order valence-electron chi connectivity index (χ2n) is 5.65. The van der Waals surface area contributed by atoms with E-state index >= 15 is 0 Å². The third kappa shape index (κ3) is 4.02. The van der Waals surface area contributed by atoms with Crippen LogP contribution in [0.2, 0.25) is 0 Å². The first-order chi connectivity index (χ1) is 12.4. The summed E-state index contributed by atoms with van der Waals surface area (Å²) in [6.07, 6.45) is 1.55. The maximum atomic E-state index is 12.6. The number of rotatable bonds is 6. The minimum atomic E-state index is -0.402. The fourth-order valence-electron chi connectivity index (χ4n) is 2.33. The van der Waals surface area contributed by atoms with Crippen LogP contribution in [0.3, 0.4) is 0 Å². The second kappa shape index (κ2) is 7.57. The Hall–Kier alpha value is -2.87. The number of aryl methyl sites for hydroxylation is 1. The molecular weight excluding hydrogens is 354 g/mol. The van der Waals surface area contributed by atoms with Crippen LogP contribution in [-0.2, 0) is 4.79 Å². The first kappa shape index (κ1) is 17.9. The fourth-order valence-corrected chi connectivity index (χ4v) is 3.09. The summed E-state index contributed by atoms with van der Waals surface area (Å²) in [5.41, 5.74) is 1.92. The molecule has 0 bridgehead atoms. The monoisotopic (exact) mass is 371 g/mol. The molecule has 2 heterocycles. The number of ketones is 1. The number of furan rings is 1. The molecule has 0 saturated heterocycles. The summed E-state index contributed by atoms with van der Waals surface area (Å²) >= 11 is 1.20. The van der Waals surface area contributed by atoms with E-state index in [1.54, 1.807) is 43.5 Å². The highest BCUT2D eigenvalue weighted by Gasteiger charge is 2.21. The number of anilines is 1. The molecule has 8 heteroatoms. The van der Waals surface area contributed by atoms with Gasteiger partial charge in [0.2, 0.25) is 5.91 Å². The predicted octanol–water partition coefficient (Wildman–Crippen LogP) is 3.96. The average Bonchev–Trinajstić information content (AvgIpc) is 3.23. The van der Waals surface area contributed by atoms with Crippen LogP contribution in [-0.4, -0.2) is 27.1 Å². The largest absolute Gasteiger partial charge is 0.469 e. The van der Waals surface area contributed by atoms with E-state index in [0.717, 1.165) is 5.56 Å². The van der Waals surface area contributed by atoms with Gasteiger partial charge in [0.15, 0.2) is 5.78 Å². The van der Waals surface area contributed by atoms with Crippen LogP contribution >= 0.6 is 11.8 Å². The number of amides is 1. The highest BCUT2D eigenvalue weighted by atomic mass is 32.2.